The van der Waals surface area contributed by atoms with E-state index < -0.39 is 0 Å². The SMILES string of the molecule is C.C=CC(=O)N1CCC2CN(C(=O)CCc3cc(Cl)c(Cl)cc3OC)CC2C1. The first kappa shape index (κ1) is 22.6. The maximum Gasteiger partial charge on any atom is 0.245 e. The first-order valence-electron chi connectivity index (χ1n) is 9.14. The first-order valence-corrected chi connectivity index (χ1v) is 9.89. The molecule has 0 N–H and O–H groups in total. The fraction of sp³-hybridized carbons (Fsp3) is 0.524. The van der Waals surface area contributed by atoms with E-state index in [2.05, 4.69) is 6.58 Å². The summed E-state index contributed by atoms with van der Waals surface area (Å²) in [5, 5.41) is 0.893. The third kappa shape index (κ3) is 4.81. The van der Waals surface area contributed by atoms with Crippen molar-refractivity contribution < 1.29 is 14.3 Å². The van der Waals surface area contributed by atoms with E-state index in [4.69, 9.17) is 27.9 Å². The van der Waals surface area contributed by atoms with Crippen molar-refractivity contribution in [2.75, 3.05) is 33.3 Å². The van der Waals surface area contributed by atoms with Gasteiger partial charge < -0.3 is 14.5 Å². The zero-order chi connectivity index (χ0) is 19.6. The van der Waals surface area contributed by atoms with E-state index in [0.29, 0.717) is 53.6 Å². The predicted octanol–water partition coefficient (Wildman–Crippen LogP) is 4.06. The van der Waals surface area contributed by atoms with Gasteiger partial charge in [-0.1, -0.05) is 37.2 Å². The number of halogens is 2. The van der Waals surface area contributed by atoms with Crippen LogP contribution < -0.4 is 4.74 Å². The Balaban J connectivity index is 0.00000280. The molecular weight excluding hydrogens is 399 g/mol. The van der Waals surface area contributed by atoms with E-state index in [9.17, 15) is 9.59 Å². The number of hydrogen-bond donors (Lipinski definition) is 0. The Hall–Kier alpha value is -1.72. The minimum absolute atomic E-state index is 0. The van der Waals surface area contributed by atoms with Crippen LogP contribution >= 0.6 is 23.2 Å². The van der Waals surface area contributed by atoms with E-state index >= 15 is 0 Å². The summed E-state index contributed by atoms with van der Waals surface area (Å²) in [6.45, 7) is 6.50. The number of aryl methyl sites for hydroxylation is 1. The number of likely N-dealkylation sites (tertiary alicyclic amines) is 2. The number of carbonyl (C=O) groups is 2. The monoisotopic (exact) mass is 426 g/mol. The molecule has 0 aromatic heterocycles. The molecule has 154 valence electrons. The molecule has 28 heavy (non-hydrogen) atoms. The number of fused-ring (bicyclic) bond motifs is 1. The van der Waals surface area contributed by atoms with Crippen LogP contribution in [0.25, 0.3) is 0 Å². The topological polar surface area (TPSA) is 49.9 Å². The average Bonchev–Trinajstić information content (AvgIpc) is 3.11. The van der Waals surface area contributed by atoms with Crippen LogP contribution in [0.4, 0.5) is 0 Å². The summed E-state index contributed by atoms with van der Waals surface area (Å²) in [4.78, 5) is 28.3. The molecule has 0 saturated carbocycles. The van der Waals surface area contributed by atoms with Crippen molar-refractivity contribution in [2.24, 2.45) is 11.8 Å². The molecule has 2 atom stereocenters. The van der Waals surface area contributed by atoms with Gasteiger partial charge in [-0.25, -0.2) is 0 Å². The van der Waals surface area contributed by atoms with Gasteiger partial charge in [-0.2, -0.15) is 0 Å². The van der Waals surface area contributed by atoms with Crippen molar-refractivity contribution in [3.05, 3.63) is 40.4 Å². The molecule has 3 rings (SSSR count). The van der Waals surface area contributed by atoms with Gasteiger partial charge in [-0.3, -0.25) is 9.59 Å². The zero-order valence-corrected chi connectivity index (χ0v) is 16.9. The standard InChI is InChI=1S/C20H24Cl2N2O3.CH4/c1-3-19(25)23-7-6-14-10-24(12-15(14)11-23)20(26)5-4-13-8-16(21)17(22)9-18(13)27-2;/h3,8-9,14-15H,1,4-7,10-12H2,2H3;1H4. The van der Waals surface area contributed by atoms with Gasteiger partial charge in [0.25, 0.3) is 0 Å². The molecule has 7 heteroatoms. The van der Waals surface area contributed by atoms with Gasteiger partial charge in [0.1, 0.15) is 5.75 Å². The van der Waals surface area contributed by atoms with Crippen LogP contribution in [0.15, 0.2) is 24.8 Å². The van der Waals surface area contributed by atoms with Gasteiger partial charge in [0.2, 0.25) is 11.8 Å². The molecule has 0 bridgehead atoms. The fourth-order valence-corrected chi connectivity index (χ4v) is 4.40. The van der Waals surface area contributed by atoms with Gasteiger partial charge >= 0.3 is 0 Å². The molecule has 2 heterocycles. The molecule has 0 radical (unpaired) electrons. The Morgan fingerprint density at radius 1 is 1.18 bits per heavy atom. The lowest BCUT2D eigenvalue weighted by atomic mass is 9.89. The highest BCUT2D eigenvalue weighted by Gasteiger charge is 2.39. The predicted molar refractivity (Wildman–Crippen MR) is 113 cm³/mol. The second kappa shape index (κ2) is 9.66. The third-order valence-corrected chi connectivity index (χ3v) is 6.29. The number of benzene rings is 1. The van der Waals surface area contributed by atoms with Gasteiger partial charge in [0.05, 0.1) is 17.2 Å². The number of piperidine rings is 1. The Kier molecular flexibility index (Phi) is 7.79. The lowest BCUT2D eigenvalue weighted by molar-refractivity contribution is -0.130. The normalized spacial score (nSPS) is 21.0. The van der Waals surface area contributed by atoms with Crippen molar-refractivity contribution in [1.29, 1.82) is 0 Å². The maximum atomic E-state index is 12.7. The summed E-state index contributed by atoms with van der Waals surface area (Å²) in [5.41, 5.74) is 0.875. The highest BCUT2D eigenvalue weighted by molar-refractivity contribution is 6.42. The number of rotatable bonds is 5. The second-order valence-corrected chi connectivity index (χ2v) is 7.99. The highest BCUT2D eigenvalue weighted by atomic mass is 35.5. The largest absolute Gasteiger partial charge is 0.496 e. The van der Waals surface area contributed by atoms with Crippen LogP contribution in [0.5, 0.6) is 5.75 Å². The molecule has 2 aliphatic rings. The van der Waals surface area contributed by atoms with Crippen molar-refractivity contribution >= 4 is 35.0 Å². The van der Waals surface area contributed by atoms with Gasteiger partial charge in [0, 0.05) is 38.7 Å². The molecule has 1 aromatic rings. The lowest BCUT2D eigenvalue weighted by Crippen LogP contribution is -2.42. The molecule has 2 saturated heterocycles. The summed E-state index contributed by atoms with van der Waals surface area (Å²) in [6, 6.07) is 3.44. The van der Waals surface area contributed by atoms with Crippen molar-refractivity contribution in [1.82, 2.24) is 9.80 Å². The molecule has 2 amide bonds. The second-order valence-electron chi connectivity index (χ2n) is 7.17. The molecule has 0 aliphatic carbocycles. The smallest absolute Gasteiger partial charge is 0.245 e. The maximum absolute atomic E-state index is 12.7. The summed E-state index contributed by atoms with van der Waals surface area (Å²) >= 11 is 12.1. The number of carbonyl (C=O) groups excluding carboxylic acids is 2. The molecule has 2 fully saturated rings. The van der Waals surface area contributed by atoms with E-state index in [1.165, 1.54) is 6.08 Å². The molecule has 2 unspecified atom stereocenters. The van der Waals surface area contributed by atoms with Crippen molar-refractivity contribution in [3.8, 4) is 5.75 Å². The number of methoxy groups -OCH3 is 1. The first-order chi connectivity index (χ1) is 12.9. The number of nitrogens with zero attached hydrogens (tertiary/aromatic N) is 2. The Morgan fingerprint density at radius 2 is 1.82 bits per heavy atom. The Labute approximate surface area is 177 Å². The summed E-state index contributed by atoms with van der Waals surface area (Å²) in [6.07, 6.45) is 3.24. The molecule has 1 aromatic carbocycles. The van der Waals surface area contributed by atoms with E-state index in [1.54, 1.807) is 19.2 Å². The highest BCUT2D eigenvalue weighted by Crippen LogP contribution is 2.33. The van der Waals surface area contributed by atoms with Crippen LogP contribution in [-0.2, 0) is 16.0 Å². The zero-order valence-electron chi connectivity index (χ0n) is 15.4. The van der Waals surface area contributed by atoms with Crippen LogP contribution in [0.2, 0.25) is 10.0 Å². The quantitative estimate of drug-likeness (QED) is 0.666. The summed E-state index contributed by atoms with van der Waals surface area (Å²) < 4.78 is 5.35. The number of hydrogen-bond acceptors (Lipinski definition) is 3. The van der Waals surface area contributed by atoms with E-state index in [-0.39, 0.29) is 19.2 Å². The number of amides is 2. The summed E-state index contributed by atoms with van der Waals surface area (Å²) in [7, 11) is 1.58. The number of ether oxygens (including phenoxy) is 1. The van der Waals surface area contributed by atoms with Gasteiger partial charge in [0.15, 0.2) is 0 Å². The average molecular weight is 427 g/mol. The van der Waals surface area contributed by atoms with Crippen LogP contribution in [0.3, 0.4) is 0 Å². The molecular formula is C21H28Cl2N2O3. The lowest BCUT2D eigenvalue weighted by Gasteiger charge is -2.33. The molecule has 5 nitrogen and oxygen atoms in total. The minimum atomic E-state index is -0.0232. The van der Waals surface area contributed by atoms with Crippen LogP contribution in [-0.4, -0.2) is 54.9 Å². The molecule has 2 aliphatic heterocycles. The third-order valence-electron chi connectivity index (χ3n) is 5.57. The van der Waals surface area contributed by atoms with Gasteiger partial charge in [-0.15, -0.1) is 0 Å². The fourth-order valence-electron chi connectivity index (χ4n) is 4.06. The van der Waals surface area contributed by atoms with Gasteiger partial charge in [-0.05, 0) is 42.4 Å². The van der Waals surface area contributed by atoms with E-state index in [1.807, 2.05) is 9.80 Å². The van der Waals surface area contributed by atoms with Crippen LogP contribution in [0, 0.1) is 11.8 Å². The van der Waals surface area contributed by atoms with Crippen molar-refractivity contribution in [2.45, 2.75) is 26.7 Å². The Morgan fingerprint density at radius 3 is 2.50 bits per heavy atom. The summed E-state index contributed by atoms with van der Waals surface area (Å²) in [5.74, 6) is 1.57. The molecule has 0 spiro atoms. The van der Waals surface area contributed by atoms with Crippen LogP contribution in [0.1, 0.15) is 25.8 Å². The Bertz CT molecular complexity index is 753. The van der Waals surface area contributed by atoms with E-state index in [0.717, 1.165) is 25.1 Å². The van der Waals surface area contributed by atoms with Crippen molar-refractivity contribution in [3.63, 3.8) is 0 Å². The minimum Gasteiger partial charge on any atom is -0.496 e.